The highest BCUT2D eigenvalue weighted by molar-refractivity contribution is 7.74. The fourth-order valence-electron chi connectivity index (χ4n) is 0.883. The van der Waals surface area contributed by atoms with Crippen molar-refractivity contribution >= 4 is 21.0 Å². The average Bonchev–Trinajstić information content (AvgIpc) is 2.46. The van der Waals surface area contributed by atoms with Crippen LogP contribution < -0.4 is 0 Å². The van der Waals surface area contributed by atoms with E-state index in [9.17, 15) is 0 Å². The molecule has 1 aliphatic rings. The second kappa shape index (κ2) is 7.40. The summed E-state index contributed by atoms with van der Waals surface area (Å²) in [4.78, 5) is 0. The molecule has 0 saturated carbocycles. The topological polar surface area (TPSA) is 38.7 Å². The van der Waals surface area contributed by atoms with Crippen LogP contribution in [0.3, 0.4) is 0 Å². The molecule has 1 unspecified atom stereocenters. The van der Waals surface area contributed by atoms with Crippen LogP contribution >= 0.6 is 12.9 Å². The SMILES string of the molecule is OS.[B]OCC1CCCO1. The van der Waals surface area contributed by atoms with Crippen molar-refractivity contribution in [2.24, 2.45) is 0 Å². The standard InChI is InChI=1S/C5H9BO2.H2OS/c6-8-4-5-2-1-3-7-5;1-2/h5H,1-4H2;1-2H. The van der Waals surface area contributed by atoms with Crippen molar-refractivity contribution < 1.29 is 13.9 Å². The quantitative estimate of drug-likeness (QED) is 0.355. The van der Waals surface area contributed by atoms with Crippen LogP contribution in [0, 0.1) is 0 Å². The molecule has 0 aliphatic carbocycles. The van der Waals surface area contributed by atoms with E-state index >= 15 is 0 Å². The van der Waals surface area contributed by atoms with Gasteiger partial charge in [0, 0.05) is 6.61 Å². The molecule has 0 aromatic heterocycles. The fourth-order valence-corrected chi connectivity index (χ4v) is 0.883. The molecule has 3 nitrogen and oxygen atoms in total. The lowest BCUT2D eigenvalue weighted by Crippen LogP contribution is -2.12. The smallest absolute Gasteiger partial charge is 0.282 e. The van der Waals surface area contributed by atoms with Crippen LogP contribution in [0.5, 0.6) is 0 Å². The molecule has 0 bridgehead atoms. The molecule has 0 spiro atoms. The van der Waals surface area contributed by atoms with Gasteiger partial charge in [-0.15, -0.1) is 0 Å². The molecule has 2 radical (unpaired) electrons. The maximum atomic E-state index is 6.69. The highest BCUT2D eigenvalue weighted by atomic mass is 32.1. The van der Waals surface area contributed by atoms with Gasteiger partial charge in [0.25, 0.3) is 8.05 Å². The molecule has 0 amide bonds. The zero-order valence-electron chi connectivity index (χ0n) is 5.69. The highest BCUT2D eigenvalue weighted by Crippen LogP contribution is 2.10. The van der Waals surface area contributed by atoms with Gasteiger partial charge in [-0.3, -0.25) is 0 Å². The number of ether oxygens (including phenoxy) is 1. The Morgan fingerprint density at radius 2 is 2.40 bits per heavy atom. The van der Waals surface area contributed by atoms with Crippen molar-refractivity contribution in [1.29, 1.82) is 0 Å². The zero-order valence-corrected chi connectivity index (χ0v) is 6.59. The summed E-state index contributed by atoms with van der Waals surface area (Å²) in [5, 5.41) is 0. The van der Waals surface area contributed by atoms with E-state index < -0.39 is 0 Å². The summed E-state index contributed by atoms with van der Waals surface area (Å²) in [6, 6.07) is 0. The van der Waals surface area contributed by atoms with Crippen LogP contribution in [-0.4, -0.2) is 31.9 Å². The molecular weight excluding hydrogens is 151 g/mol. The van der Waals surface area contributed by atoms with Gasteiger partial charge in [-0.05, 0) is 25.8 Å². The summed E-state index contributed by atoms with van der Waals surface area (Å²) in [5.74, 6) is 0. The van der Waals surface area contributed by atoms with Crippen molar-refractivity contribution in [3.05, 3.63) is 0 Å². The van der Waals surface area contributed by atoms with Crippen LogP contribution in [0.1, 0.15) is 12.8 Å². The van der Waals surface area contributed by atoms with Gasteiger partial charge in [0.15, 0.2) is 0 Å². The summed E-state index contributed by atoms with van der Waals surface area (Å²) < 4.78 is 16.3. The van der Waals surface area contributed by atoms with Crippen LogP contribution in [0.4, 0.5) is 0 Å². The molecule has 1 rings (SSSR count). The Hall–Kier alpha value is 0.295. The third-order valence-corrected chi connectivity index (χ3v) is 1.31. The first kappa shape index (κ1) is 10.3. The Morgan fingerprint density at radius 1 is 1.70 bits per heavy atom. The monoisotopic (exact) mass is 162 g/mol. The molecule has 5 heteroatoms. The van der Waals surface area contributed by atoms with Gasteiger partial charge in [0.05, 0.1) is 12.7 Å². The summed E-state index contributed by atoms with van der Waals surface area (Å²) >= 11 is 2.53. The summed E-state index contributed by atoms with van der Waals surface area (Å²) in [6.45, 7) is 1.41. The predicted octanol–water partition coefficient (Wildman–Crippen LogP) is 0.655. The molecular formula is C5H11BO3S. The molecule has 1 N–H and O–H groups in total. The predicted molar refractivity (Wildman–Crippen MR) is 42.3 cm³/mol. The van der Waals surface area contributed by atoms with E-state index in [0.717, 1.165) is 19.4 Å². The van der Waals surface area contributed by atoms with Crippen LogP contribution in [0.25, 0.3) is 0 Å². The summed E-state index contributed by atoms with van der Waals surface area (Å²) in [5.41, 5.74) is 0. The molecule has 0 aromatic rings. The molecule has 1 heterocycles. The van der Waals surface area contributed by atoms with E-state index in [-0.39, 0.29) is 6.10 Å². The van der Waals surface area contributed by atoms with Gasteiger partial charge in [-0.1, -0.05) is 0 Å². The van der Waals surface area contributed by atoms with E-state index in [2.05, 4.69) is 17.6 Å². The van der Waals surface area contributed by atoms with Gasteiger partial charge >= 0.3 is 0 Å². The maximum Gasteiger partial charge on any atom is 0.282 e. The maximum absolute atomic E-state index is 6.69. The third kappa shape index (κ3) is 4.16. The molecule has 0 aromatic carbocycles. The molecule has 58 valence electrons. The average molecular weight is 162 g/mol. The van der Waals surface area contributed by atoms with Gasteiger partial charge in [0.1, 0.15) is 0 Å². The van der Waals surface area contributed by atoms with Crippen molar-refractivity contribution in [3.8, 4) is 0 Å². The number of hydrogen-bond acceptors (Lipinski definition) is 4. The van der Waals surface area contributed by atoms with Crippen molar-refractivity contribution in [3.63, 3.8) is 0 Å². The van der Waals surface area contributed by atoms with Crippen molar-refractivity contribution in [1.82, 2.24) is 0 Å². The molecule has 1 saturated heterocycles. The van der Waals surface area contributed by atoms with Crippen molar-refractivity contribution in [2.45, 2.75) is 18.9 Å². The Morgan fingerprint density at radius 3 is 2.80 bits per heavy atom. The number of rotatable bonds is 2. The van der Waals surface area contributed by atoms with E-state index in [1.807, 2.05) is 0 Å². The fraction of sp³-hybridized carbons (Fsp3) is 1.00. The van der Waals surface area contributed by atoms with Gasteiger partial charge < -0.3 is 13.9 Å². The largest absolute Gasteiger partial charge is 0.445 e. The minimum absolute atomic E-state index is 0.264. The second-order valence-corrected chi connectivity index (χ2v) is 1.97. The van der Waals surface area contributed by atoms with E-state index in [1.54, 1.807) is 0 Å². The zero-order chi connectivity index (χ0) is 7.82. The Bertz CT molecular complexity index is 67.9. The lowest BCUT2D eigenvalue weighted by molar-refractivity contribution is 0.0712. The van der Waals surface area contributed by atoms with Gasteiger partial charge in [-0.25, -0.2) is 0 Å². The molecule has 1 fully saturated rings. The van der Waals surface area contributed by atoms with Crippen LogP contribution in [-0.2, 0) is 9.39 Å². The third-order valence-electron chi connectivity index (χ3n) is 1.31. The van der Waals surface area contributed by atoms with Crippen LogP contribution in [0.15, 0.2) is 0 Å². The Balaban J connectivity index is 0.000000371. The van der Waals surface area contributed by atoms with E-state index in [1.165, 1.54) is 0 Å². The highest BCUT2D eigenvalue weighted by Gasteiger charge is 2.13. The van der Waals surface area contributed by atoms with E-state index in [0.29, 0.717) is 6.61 Å². The lowest BCUT2D eigenvalue weighted by atomic mass is 10.2. The van der Waals surface area contributed by atoms with E-state index in [4.69, 9.17) is 17.3 Å². The molecule has 1 atom stereocenters. The number of thiol groups is 1. The normalized spacial score (nSPS) is 23.6. The molecule has 1 aliphatic heterocycles. The second-order valence-electron chi connectivity index (χ2n) is 1.97. The number of hydrogen-bond donors (Lipinski definition) is 2. The first-order chi connectivity index (χ1) is 4.93. The first-order valence-corrected chi connectivity index (χ1v) is 3.47. The van der Waals surface area contributed by atoms with Crippen LogP contribution in [0.2, 0.25) is 0 Å². The lowest BCUT2D eigenvalue weighted by Gasteiger charge is -2.05. The first-order valence-electron chi connectivity index (χ1n) is 3.07. The minimum atomic E-state index is 0.264. The summed E-state index contributed by atoms with van der Waals surface area (Å²) in [7, 11) is 4.83. The Kier molecular flexibility index (Phi) is 7.62. The van der Waals surface area contributed by atoms with Gasteiger partial charge in [0.2, 0.25) is 0 Å². The molecule has 10 heavy (non-hydrogen) atoms. The van der Waals surface area contributed by atoms with Crippen molar-refractivity contribution in [2.75, 3.05) is 13.2 Å². The van der Waals surface area contributed by atoms with Gasteiger partial charge in [-0.2, -0.15) is 0 Å². The minimum Gasteiger partial charge on any atom is -0.445 e. The Labute approximate surface area is 67.8 Å². The summed E-state index contributed by atoms with van der Waals surface area (Å²) in [6.07, 6.45) is 2.51.